The van der Waals surface area contributed by atoms with E-state index in [4.69, 9.17) is 28.7 Å². The number of nitrogens with zero attached hydrogens (tertiary/aromatic N) is 3. The number of carboxylic acid groups (broad SMARTS) is 1. The van der Waals surface area contributed by atoms with Gasteiger partial charge in [-0.05, 0) is 51.4 Å². The maximum atomic E-state index is 13.9. The van der Waals surface area contributed by atoms with Gasteiger partial charge in [-0.3, -0.25) is 38.8 Å². The van der Waals surface area contributed by atoms with Crippen molar-refractivity contribution in [2.75, 3.05) is 32.8 Å². The maximum absolute atomic E-state index is 13.9. The van der Waals surface area contributed by atoms with Gasteiger partial charge in [0.25, 0.3) is 0 Å². The zero-order chi connectivity index (χ0) is 41.8. The van der Waals surface area contributed by atoms with Crippen LogP contribution in [0.15, 0.2) is 9.98 Å². The smallest absolute Gasteiger partial charge is 0.326 e. The molecular weight excluding hydrogens is 726 g/mol. The van der Waals surface area contributed by atoms with Crippen molar-refractivity contribution in [2.24, 2.45) is 44.6 Å². The number of carbonyl (C=O) groups excluding carboxylic acids is 6. The number of nitrogens with two attached hydrogens (primary N) is 5. The third-order valence-electron chi connectivity index (χ3n) is 8.84. The Morgan fingerprint density at radius 2 is 1.25 bits per heavy atom. The Morgan fingerprint density at radius 1 is 0.764 bits per heavy atom. The zero-order valence-corrected chi connectivity index (χ0v) is 31.5. The standard InChI is InChI=1S/C32H59N13O10/c1-4-16(2)23(43-25(49)18(8-5-11-38-31(34)35)41-27(51)20(15-46)40-22(48)14-33)28(52)42-19(9-6-12-39-32(36)37)26(50)44-24(17(3)47)29(53)45-13-7-10-21(45)30(54)55/h16-21,23-24,46-47H,4-15,33H2,1-3H3,(H,40,48)(H,41,51)(H,42,52)(H,43,49)(H,44,50)(H,54,55)(H4,34,35,38)(H4,36,37,39)/t16-,17+,18-,19-,20-,21-,23-,24-/m0/s1. The second-order valence-corrected chi connectivity index (χ2v) is 13.2. The highest BCUT2D eigenvalue weighted by Crippen LogP contribution is 2.19. The van der Waals surface area contributed by atoms with Gasteiger partial charge in [0.15, 0.2) is 11.9 Å². The molecular formula is C32H59N13O10. The fourth-order valence-electron chi connectivity index (χ4n) is 5.59. The van der Waals surface area contributed by atoms with Gasteiger partial charge < -0.3 is 75.5 Å². The number of amides is 6. The Hall–Kier alpha value is -5.29. The molecule has 23 nitrogen and oxygen atoms in total. The number of aliphatic imine (C=N–C) groups is 2. The van der Waals surface area contributed by atoms with E-state index in [1.165, 1.54) is 6.92 Å². The van der Waals surface area contributed by atoms with E-state index in [1.54, 1.807) is 13.8 Å². The maximum Gasteiger partial charge on any atom is 0.326 e. The van der Waals surface area contributed by atoms with Gasteiger partial charge in [0.1, 0.15) is 36.3 Å². The average molecular weight is 786 g/mol. The van der Waals surface area contributed by atoms with Gasteiger partial charge in [-0.1, -0.05) is 20.3 Å². The summed E-state index contributed by atoms with van der Waals surface area (Å²) in [5.41, 5.74) is 26.9. The van der Waals surface area contributed by atoms with Crippen molar-refractivity contribution in [1.29, 1.82) is 0 Å². The number of likely N-dealkylation sites (tertiary alicyclic amines) is 1. The van der Waals surface area contributed by atoms with Crippen LogP contribution in [-0.4, -0.2) is 149 Å². The predicted molar refractivity (Wildman–Crippen MR) is 199 cm³/mol. The molecule has 0 aromatic carbocycles. The summed E-state index contributed by atoms with van der Waals surface area (Å²) in [5, 5.41) is 42.1. The van der Waals surface area contributed by atoms with E-state index in [9.17, 15) is 48.9 Å². The van der Waals surface area contributed by atoms with Crippen molar-refractivity contribution in [2.45, 2.75) is 108 Å². The van der Waals surface area contributed by atoms with Crippen LogP contribution in [0.1, 0.15) is 65.7 Å². The second kappa shape index (κ2) is 24.2. The molecule has 0 radical (unpaired) electrons. The molecule has 6 amide bonds. The fourth-order valence-corrected chi connectivity index (χ4v) is 5.59. The molecule has 1 saturated heterocycles. The summed E-state index contributed by atoms with van der Waals surface area (Å²) in [7, 11) is 0. The normalized spacial score (nSPS) is 17.5. The van der Waals surface area contributed by atoms with Crippen LogP contribution in [-0.2, 0) is 33.6 Å². The van der Waals surface area contributed by atoms with Crippen molar-refractivity contribution >= 4 is 53.3 Å². The monoisotopic (exact) mass is 785 g/mol. The van der Waals surface area contributed by atoms with E-state index in [0.29, 0.717) is 12.8 Å². The number of aliphatic hydroxyl groups is 2. The van der Waals surface area contributed by atoms with Crippen molar-refractivity contribution < 1.29 is 48.9 Å². The number of rotatable bonds is 24. The van der Waals surface area contributed by atoms with Crippen LogP contribution in [0.25, 0.3) is 0 Å². The first kappa shape index (κ1) is 47.7. The second-order valence-electron chi connectivity index (χ2n) is 13.2. The van der Waals surface area contributed by atoms with Crippen molar-refractivity contribution in [3.05, 3.63) is 0 Å². The largest absolute Gasteiger partial charge is 0.480 e. The van der Waals surface area contributed by atoms with Gasteiger partial charge in [0.2, 0.25) is 35.4 Å². The molecule has 312 valence electrons. The highest BCUT2D eigenvalue weighted by molar-refractivity contribution is 5.97. The van der Waals surface area contributed by atoms with Gasteiger partial charge in [-0.2, -0.15) is 0 Å². The Balaban J connectivity index is 3.38. The summed E-state index contributed by atoms with van der Waals surface area (Å²) in [6.45, 7) is 3.60. The van der Waals surface area contributed by atoms with E-state index in [0.717, 1.165) is 4.90 Å². The molecule has 1 fully saturated rings. The lowest BCUT2D eigenvalue weighted by molar-refractivity contribution is -0.150. The first-order valence-electron chi connectivity index (χ1n) is 18.0. The van der Waals surface area contributed by atoms with Crippen LogP contribution in [0.4, 0.5) is 0 Å². The first-order chi connectivity index (χ1) is 25.9. The molecule has 0 spiro atoms. The Labute approximate surface area is 319 Å². The Bertz CT molecular complexity index is 1390. The molecule has 1 aliphatic heterocycles. The average Bonchev–Trinajstić information content (AvgIpc) is 3.63. The number of guanidine groups is 2. The van der Waals surface area contributed by atoms with Crippen LogP contribution in [0, 0.1) is 5.92 Å². The third-order valence-corrected chi connectivity index (χ3v) is 8.84. The zero-order valence-electron chi connectivity index (χ0n) is 31.5. The number of hydrogen-bond acceptors (Lipinski definition) is 12. The van der Waals surface area contributed by atoms with Crippen LogP contribution in [0.5, 0.6) is 0 Å². The summed E-state index contributed by atoms with van der Waals surface area (Å²) in [6.07, 6.45) is -0.267. The minimum Gasteiger partial charge on any atom is -0.480 e. The third kappa shape index (κ3) is 16.3. The lowest BCUT2D eigenvalue weighted by Gasteiger charge is -2.31. The highest BCUT2D eigenvalue weighted by atomic mass is 16.4. The van der Waals surface area contributed by atoms with E-state index in [-0.39, 0.29) is 63.7 Å². The summed E-state index contributed by atoms with van der Waals surface area (Å²) in [5.74, 6) is -7.20. The van der Waals surface area contributed by atoms with Crippen molar-refractivity contribution in [1.82, 2.24) is 31.5 Å². The minimum atomic E-state index is -1.56. The number of carboxylic acids is 1. The molecule has 0 bridgehead atoms. The van der Waals surface area contributed by atoms with E-state index in [2.05, 4.69) is 36.6 Å². The first-order valence-corrected chi connectivity index (χ1v) is 18.0. The topological polar surface area (TPSA) is 398 Å². The molecule has 0 aromatic heterocycles. The number of hydrogen-bond donors (Lipinski definition) is 13. The molecule has 0 aromatic rings. The van der Waals surface area contributed by atoms with Gasteiger partial charge in [-0.15, -0.1) is 0 Å². The molecule has 1 rings (SSSR count). The van der Waals surface area contributed by atoms with Gasteiger partial charge in [0.05, 0.1) is 19.3 Å². The fraction of sp³-hybridized carbons (Fsp3) is 0.719. The van der Waals surface area contributed by atoms with Gasteiger partial charge >= 0.3 is 5.97 Å². The minimum absolute atomic E-state index is 0.0451. The molecule has 8 atom stereocenters. The van der Waals surface area contributed by atoms with Gasteiger partial charge in [0, 0.05) is 19.6 Å². The number of nitrogens with one attached hydrogen (secondary N) is 5. The predicted octanol–water partition coefficient (Wildman–Crippen LogP) is -6.03. The van der Waals surface area contributed by atoms with Crippen LogP contribution < -0.4 is 55.3 Å². The molecule has 18 N–H and O–H groups in total. The Kier molecular flexibility index (Phi) is 21.0. The Morgan fingerprint density at radius 3 is 1.69 bits per heavy atom. The highest BCUT2D eigenvalue weighted by Gasteiger charge is 2.40. The lowest BCUT2D eigenvalue weighted by atomic mass is 9.96. The molecule has 0 aliphatic carbocycles. The van der Waals surface area contributed by atoms with E-state index in [1.807, 2.05) is 0 Å². The van der Waals surface area contributed by atoms with Crippen LogP contribution >= 0.6 is 0 Å². The molecule has 0 unspecified atom stereocenters. The summed E-state index contributed by atoms with van der Waals surface area (Å²) >= 11 is 0. The van der Waals surface area contributed by atoms with Crippen molar-refractivity contribution in [3.63, 3.8) is 0 Å². The summed E-state index contributed by atoms with van der Waals surface area (Å²) in [6, 6.07) is -8.12. The summed E-state index contributed by atoms with van der Waals surface area (Å²) < 4.78 is 0. The molecule has 1 heterocycles. The van der Waals surface area contributed by atoms with Crippen LogP contribution in [0.2, 0.25) is 0 Å². The van der Waals surface area contributed by atoms with E-state index < -0.39 is 103 Å². The van der Waals surface area contributed by atoms with Crippen molar-refractivity contribution in [3.8, 4) is 0 Å². The number of aliphatic hydroxyl groups excluding tert-OH is 2. The van der Waals surface area contributed by atoms with Gasteiger partial charge in [-0.25, -0.2) is 4.79 Å². The number of carbonyl (C=O) groups is 7. The number of aliphatic carboxylic acids is 1. The van der Waals surface area contributed by atoms with E-state index >= 15 is 0 Å². The SMILES string of the molecule is CC[C@H](C)[C@H](NC(=O)[C@H](CCCN=C(N)N)NC(=O)[C@H](CO)NC(=O)CN)C(=O)N[C@@H](CCCN=C(N)N)C(=O)N[C@H](C(=O)N1CCC[C@H]1C(=O)O)[C@@H](C)O. The lowest BCUT2D eigenvalue weighted by Crippen LogP contribution is -2.61. The summed E-state index contributed by atoms with van der Waals surface area (Å²) in [4.78, 5) is 100. The molecule has 55 heavy (non-hydrogen) atoms. The molecule has 1 aliphatic rings. The van der Waals surface area contributed by atoms with Crippen LogP contribution in [0.3, 0.4) is 0 Å². The quantitative estimate of drug-likeness (QED) is 0.0246. The molecule has 23 heteroatoms. The molecule has 0 saturated carbocycles.